The molecule has 0 aromatic heterocycles. The van der Waals surface area contributed by atoms with E-state index in [9.17, 15) is 0 Å². The zero-order valence-electron chi connectivity index (χ0n) is 10.9. The second-order valence-electron chi connectivity index (χ2n) is 5.19. The van der Waals surface area contributed by atoms with Gasteiger partial charge < -0.3 is 14.8 Å². The molecule has 2 unspecified atom stereocenters. The third kappa shape index (κ3) is 2.38. The van der Waals surface area contributed by atoms with Crippen LogP contribution in [0.25, 0.3) is 0 Å². The molecule has 1 aromatic rings. The lowest BCUT2D eigenvalue weighted by Gasteiger charge is -2.13. The molecule has 2 atom stereocenters. The molecule has 1 aliphatic heterocycles. The molecule has 3 heteroatoms. The van der Waals surface area contributed by atoms with Crippen LogP contribution in [0.4, 0.5) is 0 Å². The van der Waals surface area contributed by atoms with Gasteiger partial charge in [-0.15, -0.1) is 0 Å². The Balaban J connectivity index is 1.63. The first-order valence-electron chi connectivity index (χ1n) is 6.91. The molecule has 98 valence electrons. The second-order valence-corrected chi connectivity index (χ2v) is 5.19. The summed E-state index contributed by atoms with van der Waals surface area (Å²) in [5, 5.41) is 3.36. The van der Waals surface area contributed by atoms with Gasteiger partial charge in [0.25, 0.3) is 0 Å². The predicted molar refractivity (Wildman–Crippen MR) is 71.0 cm³/mol. The maximum Gasteiger partial charge on any atom is 0.119 e. The maximum absolute atomic E-state index is 5.84. The minimum absolute atomic E-state index is 0.295. The van der Waals surface area contributed by atoms with Crippen molar-refractivity contribution in [2.24, 2.45) is 0 Å². The van der Waals surface area contributed by atoms with Crippen molar-refractivity contribution in [2.75, 3.05) is 20.3 Å². The molecular weight excluding hydrogens is 226 g/mol. The maximum atomic E-state index is 5.84. The molecule has 3 nitrogen and oxygen atoms in total. The molecule has 0 amide bonds. The standard InChI is InChI=1S/C15H21NO2/c1-16-15-7-4-11-9-12(5-6-14(11)15)18-10-13-3-2-8-17-13/h5-6,9,13,15-16H,2-4,7-8,10H2,1H3. The molecule has 1 N–H and O–H groups in total. The average Bonchev–Trinajstić information content (AvgIpc) is 3.05. The summed E-state index contributed by atoms with van der Waals surface area (Å²) in [6.45, 7) is 1.58. The van der Waals surface area contributed by atoms with Crippen molar-refractivity contribution in [1.29, 1.82) is 0 Å². The van der Waals surface area contributed by atoms with Gasteiger partial charge in [-0.25, -0.2) is 0 Å². The first-order chi connectivity index (χ1) is 8.86. The van der Waals surface area contributed by atoms with Crippen molar-refractivity contribution >= 4 is 0 Å². The van der Waals surface area contributed by atoms with Gasteiger partial charge in [0.1, 0.15) is 12.4 Å². The lowest BCUT2D eigenvalue weighted by molar-refractivity contribution is 0.0679. The monoisotopic (exact) mass is 247 g/mol. The van der Waals surface area contributed by atoms with Crippen molar-refractivity contribution < 1.29 is 9.47 Å². The van der Waals surface area contributed by atoms with E-state index in [1.807, 2.05) is 7.05 Å². The van der Waals surface area contributed by atoms with Crippen LogP contribution < -0.4 is 10.1 Å². The number of hydrogen-bond acceptors (Lipinski definition) is 3. The fourth-order valence-electron chi connectivity index (χ4n) is 2.95. The highest BCUT2D eigenvalue weighted by Gasteiger charge is 2.21. The molecule has 1 saturated heterocycles. The van der Waals surface area contributed by atoms with Crippen LogP contribution in [0.2, 0.25) is 0 Å². The van der Waals surface area contributed by atoms with Crippen LogP contribution >= 0.6 is 0 Å². The van der Waals surface area contributed by atoms with Crippen molar-refractivity contribution in [2.45, 2.75) is 37.8 Å². The summed E-state index contributed by atoms with van der Waals surface area (Å²) in [5.74, 6) is 0.987. The fraction of sp³-hybridized carbons (Fsp3) is 0.600. The van der Waals surface area contributed by atoms with E-state index in [0.717, 1.165) is 25.2 Å². The van der Waals surface area contributed by atoms with Gasteiger partial charge in [0.15, 0.2) is 0 Å². The molecule has 1 heterocycles. The van der Waals surface area contributed by atoms with E-state index >= 15 is 0 Å². The molecule has 1 aromatic carbocycles. The van der Waals surface area contributed by atoms with Crippen LogP contribution in [-0.4, -0.2) is 26.4 Å². The number of fused-ring (bicyclic) bond motifs is 1. The van der Waals surface area contributed by atoms with E-state index in [2.05, 4.69) is 23.5 Å². The van der Waals surface area contributed by atoms with Gasteiger partial charge in [0, 0.05) is 12.6 Å². The third-order valence-electron chi connectivity index (χ3n) is 4.00. The number of nitrogens with one attached hydrogen (secondary N) is 1. The quantitative estimate of drug-likeness (QED) is 0.886. The predicted octanol–water partition coefficient (Wildman–Crippen LogP) is 2.45. The Labute approximate surface area is 108 Å². The van der Waals surface area contributed by atoms with Crippen LogP contribution in [0, 0.1) is 0 Å². The zero-order valence-corrected chi connectivity index (χ0v) is 10.9. The van der Waals surface area contributed by atoms with Crippen molar-refractivity contribution in [3.05, 3.63) is 29.3 Å². The number of ether oxygens (including phenoxy) is 2. The number of hydrogen-bond donors (Lipinski definition) is 1. The van der Waals surface area contributed by atoms with Crippen LogP contribution in [0.3, 0.4) is 0 Å². The van der Waals surface area contributed by atoms with Crippen LogP contribution in [-0.2, 0) is 11.2 Å². The van der Waals surface area contributed by atoms with Gasteiger partial charge in [-0.05, 0) is 56.0 Å². The topological polar surface area (TPSA) is 30.5 Å². The van der Waals surface area contributed by atoms with Gasteiger partial charge in [-0.1, -0.05) is 6.07 Å². The van der Waals surface area contributed by atoms with Gasteiger partial charge in [-0.2, -0.15) is 0 Å². The minimum atomic E-state index is 0.295. The normalized spacial score (nSPS) is 26.3. The molecule has 0 radical (unpaired) electrons. The Morgan fingerprint density at radius 2 is 2.33 bits per heavy atom. The molecule has 18 heavy (non-hydrogen) atoms. The number of rotatable bonds is 4. The molecule has 0 saturated carbocycles. The smallest absolute Gasteiger partial charge is 0.119 e. The Hall–Kier alpha value is -1.06. The van der Waals surface area contributed by atoms with Crippen molar-refractivity contribution in [1.82, 2.24) is 5.32 Å². The molecule has 3 rings (SSSR count). The zero-order chi connectivity index (χ0) is 12.4. The van der Waals surface area contributed by atoms with E-state index in [1.165, 1.54) is 24.0 Å². The highest BCUT2D eigenvalue weighted by Crippen LogP contribution is 2.33. The summed E-state index contributed by atoms with van der Waals surface area (Å²) >= 11 is 0. The SMILES string of the molecule is CNC1CCc2cc(OCC3CCCO3)ccc21. The van der Waals surface area contributed by atoms with E-state index in [1.54, 1.807) is 0 Å². The van der Waals surface area contributed by atoms with E-state index in [0.29, 0.717) is 18.8 Å². The lowest BCUT2D eigenvalue weighted by Crippen LogP contribution is -2.16. The molecular formula is C15H21NO2. The molecule has 0 bridgehead atoms. The van der Waals surface area contributed by atoms with E-state index in [-0.39, 0.29) is 0 Å². The first kappa shape index (κ1) is 12.0. The number of aryl methyl sites for hydroxylation is 1. The van der Waals surface area contributed by atoms with E-state index in [4.69, 9.17) is 9.47 Å². The largest absolute Gasteiger partial charge is 0.491 e. The van der Waals surface area contributed by atoms with Gasteiger partial charge in [0.2, 0.25) is 0 Å². The molecule has 0 spiro atoms. The molecule has 2 aliphatic rings. The summed E-state index contributed by atoms with van der Waals surface area (Å²) < 4.78 is 11.4. The lowest BCUT2D eigenvalue weighted by atomic mass is 10.1. The number of benzene rings is 1. The Morgan fingerprint density at radius 3 is 3.11 bits per heavy atom. The fourth-order valence-corrected chi connectivity index (χ4v) is 2.95. The molecule has 1 aliphatic carbocycles. The Kier molecular flexibility index (Phi) is 3.52. The van der Waals surface area contributed by atoms with Crippen molar-refractivity contribution in [3.8, 4) is 5.75 Å². The van der Waals surface area contributed by atoms with Crippen LogP contribution in [0.5, 0.6) is 5.75 Å². The Bertz CT molecular complexity index is 413. The van der Waals surface area contributed by atoms with Crippen LogP contribution in [0.15, 0.2) is 18.2 Å². The summed E-state index contributed by atoms with van der Waals surface area (Å²) in [5.41, 5.74) is 2.86. The van der Waals surface area contributed by atoms with Crippen LogP contribution in [0.1, 0.15) is 36.4 Å². The molecule has 1 fully saturated rings. The third-order valence-corrected chi connectivity index (χ3v) is 4.00. The highest BCUT2D eigenvalue weighted by molar-refractivity contribution is 5.40. The van der Waals surface area contributed by atoms with Gasteiger partial charge in [0.05, 0.1) is 6.10 Å². The van der Waals surface area contributed by atoms with Gasteiger partial charge >= 0.3 is 0 Å². The summed E-state index contributed by atoms with van der Waals surface area (Å²) in [4.78, 5) is 0. The van der Waals surface area contributed by atoms with Gasteiger partial charge in [-0.3, -0.25) is 0 Å². The minimum Gasteiger partial charge on any atom is -0.491 e. The summed E-state index contributed by atoms with van der Waals surface area (Å²) in [7, 11) is 2.03. The summed E-state index contributed by atoms with van der Waals surface area (Å²) in [6.07, 6.45) is 4.94. The van der Waals surface area contributed by atoms with E-state index < -0.39 is 0 Å². The highest BCUT2D eigenvalue weighted by atomic mass is 16.5. The average molecular weight is 247 g/mol. The Morgan fingerprint density at radius 1 is 1.39 bits per heavy atom. The second kappa shape index (κ2) is 5.29. The first-order valence-corrected chi connectivity index (χ1v) is 6.91. The van der Waals surface area contributed by atoms with Crippen molar-refractivity contribution in [3.63, 3.8) is 0 Å². The summed E-state index contributed by atoms with van der Waals surface area (Å²) in [6, 6.07) is 7.01.